The summed E-state index contributed by atoms with van der Waals surface area (Å²) in [6, 6.07) is 0. The number of hydrazine groups is 2. The standard InChI is InChI=1S/C8H14N4O8/c13-7(14)1-3-9(11(17)18)5-6-10(12(19)20)4-2-8(15)16/h1-6H2,(H,13,14)(H,15,16). The SMILES string of the molecule is O=C(O)CCN(CCN(CCC(=O)O)[N+](=O)[O-])[N+](=O)[O-]. The van der Waals surface area contributed by atoms with Crippen molar-refractivity contribution in [3.8, 4) is 0 Å². The molecule has 12 heteroatoms. The summed E-state index contributed by atoms with van der Waals surface area (Å²) >= 11 is 0. The minimum absolute atomic E-state index is 0.388. The number of carbonyl (C=O) groups is 2. The zero-order chi connectivity index (χ0) is 15.7. The van der Waals surface area contributed by atoms with Gasteiger partial charge in [0.1, 0.15) is 13.1 Å². The van der Waals surface area contributed by atoms with Crippen LogP contribution in [-0.2, 0) is 9.59 Å². The van der Waals surface area contributed by atoms with Crippen molar-refractivity contribution in [1.29, 1.82) is 0 Å². The van der Waals surface area contributed by atoms with Crippen LogP contribution < -0.4 is 0 Å². The molecule has 0 bridgehead atoms. The molecule has 0 aliphatic rings. The van der Waals surface area contributed by atoms with E-state index in [4.69, 9.17) is 10.2 Å². The first-order valence-corrected chi connectivity index (χ1v) is 5.46. The van der Waals surface area contributed by atoms with E-state index in [0.29, 0.717) is 10.0 Å². The smallest absolute Gasteiger partial charge is 0.305 e. The second-order valence-corrected chi connectivity index (χ2v) is 3.67. The van der Waals surface area contributed by atoms with Crippen molar-refractivity contribution < 1.29 is 29.9 Å². The summed E-state index contributed by atoms with van der Waals surface area (Å²) in [5, 5.41) is 37.4. The van der Waals surface area contributed by atoms with Crippen molar-refractivity contribution in [3.05, 3.63) is 20.2 Å². The third kappa shape index (κ3) is 7.62. The van der Waals surface area contributed by atoms with Gasteiger partial charge in [-0.3, -0.25) is 9.59 Å². The van der Waals surface area contributed by atoms with E-state index in [1.54, 1.807) is 0 Å². The summed E-state index contributed by atoms with van der Waals surface area (Å²) in [5.74, 6) is -2.46. The molecule has 114 valence electrons. The van der Waals surface area contributed by atoms with Crippen LogP contribution in [0.2, 0.25) is 0 Å². The van der Waals surface area contributed by atoms with E-state index in [1.807, 2.05) is 0 Å². The number of hydrogen-bond acceptors (Lipinski definition) is 6. The number of hydrogen-bond donors (Lipinski definition) is 2. The number of rotatable bonds is 11. The molecule has 0 aliphatic heterocycles. The topological polar surface area (TPSA) is 167 Å². The van der Waals surface area contributed by atoms with Crippen LogP contribution in [0.15, 0.2) is 0 Å². The van der Waals surface area contributed by atoms with Crippen molar-refractivity contribution in [3.63, 3.8) is 0 Å². The van der Waals surface area contributed by atoms with Gasteiger partial charge in [0.15, 0.2) is 10.1 Å². The summed E-state index contributed by atoms with van der Waals surface area (Å²) in [6.07, 6.45) is -0.955. The lowest BCUT2D eigenvalue weighted by atomic mass is 10.4. The Morgan fingerprint density at radius 3 is 1.30 bits per heavy atom. The lowest BCUT2D eigenvalue weighted by Gasteiger charge is -2.17. The van der Waals surface area contributed by atoms with E-state index in [2.05, 4.69) is 0 Å². The highest BCUT2D eigenvalue weighted by Crippen LogP contribution is 1.97. The fraction of sp³-hybridized carbons (Fsp3) is 0.750. The minimum atomic E-state index is -1.23. The monoisotopic (exact) mass is 294 g/mol. The summed E-state index contributed by atoms with van der Waals surface area (Å²) < 4.78 is 0. The van der Waals surface area contributed by atoms with Crippen LogP contribution >= 0.6 is 0 Å². The number of aliphatic carboxylic acids is 2. The van der Waals surface area contributed by atoms with Crippen molar-refractivity contribution >= 4 is 11.9 Å². The maximum atomic E-state index is 10.6. The molecular weight excluding hydrogens is 280 g/mol. The molecule has 2 N–H and O–H groups in total. The Morgan fingerprint density at radius 1 is 0.800 bits per heavy atom. The molecule has 0 heterocycles. The minimum Gasteiger partial charge on any atom is -0.481 e. The van der Waals surface area contributed by atoms with Gasteiger partial charge in [0.25, 0.3) is 0 Å². The molecule has 0 unspecified atom stereocenters. The fourth-order valence-electron chi connectivity index (χ4n) is 1.23. The fourth-order valence-corrected chi connectivity index (χ4v) is 1.23. The lowest BCUT2D eigenvalue weighted by molar-refractivity contribution is -0.673. The first kappa shape index (κ1) is 17.3. The summed E-state index contributed by atoms with van der Waals surface area (Å²) in [6.45, 7) is -1.57. The normalized spacial score (nSPS) is 9.80. The van der Waals surface area contributed by atoms with Gasteiger partial charge in [-0.05, 0) is 0 Å². The van der Waals surface area contributed by atoms with Gasteiger partial charge < -0.3 is 10.2 Å². The molecular formula is C8H14N4O8. The molecule has 0 aliphatic carbocycles. The first-order valence-electron chi connectivity index (χ1n) is 5.46. The second kappa shape index (κ2) is 8.44. The van der Waals surface area contributed by atoms with Gasteiger partial charge >= 0.3 is 11.9 Å². The van der Waals surface area contributed by atoms with Gasteiger partial charge in [-0.25, -0.2) is 20.2 Å². The summed E-state index contributed by atoms with van der Waals surface area (Å²) in [7, 11) is 0. The van der Waals surface area contributed by atoms with E-state index >= 15 is 0 Å². The molecule has 0 fully saturated rings. The Bertz CT molecular complexity index is 351. The highest BCUT2D eigenvalue weighted by Gasteiger charge is 2.21. The maximum Gasteiger partial charge on any atom is 0.305 e. The Kier molecular flexibility index (Phi) is 7.32. The van der Waals surface area contributed by atoms with Crippen LogP contribution in [0.4, 0.5) is 0 Å². The molecule has 12 nitrogen and oxygen atoms in total. The van der Waals surface area contributed by atoms with Gasteiger partial charge in [-0.1, -0.05) is 0 Å². The van der Waals surface area contributed by atoms with Gasteiger partial charge in [-0.2, -0.15) is 0 Å². The van der Waals surface area contributed by atoms with E-state index in [-0.39, 0.29) is 13.1 Å². The van der Waals surface area contributed by atoms with Gasteiger partial charge in [0.2, 0.25) is 0 Å². The number of nitro groups is 2. The Morgan fingerprint density at radius 2 is 1.10 bits per heavy atom. The molecule has 0 saturated heterocycles. The van der Waals surface area contributed by atoms with Crippen molar-refractivity contribution in [2.24, 2.45) is 0 Å². The van der Waals surface area contributed by atoms with Gasteiger partial charge in [0, 0.05) is 0 Å². The van der Waals surface area contributed by atoms with Crippen molar-refractivity contribution in [2.45, 2.75) is 12.8 Å². The number of carboxylic acids is 2. The molecule has 0 atom stereocenters. The number of nitrogens with zero attached hydrogens (tertiary/aromatic N) is 4. The molecule has 0 rings (SSSR count). The Labute approximate surface area is 112 Å². The van der Waals surface area contributed by atoms with Gasteiger partial charge in [0.05, 0.1) is 25.9 Å². The molecule has 20 heavy (non-hydrogen) atoms. The van der Waals surface area contributed by atoms with Crippen LogP contribution in [0.25, 0.3) is 0 Å². The van der Waals surface area contributed by atoms with Crippen LogP contribution in [0, 0.1) is 20.2 Å². The third-order valence-corrected chi connectivity index (χ3v) is 2.25. The molecule has 0 aromatic carbocycles. The molecule has 0 saturated carbocycles. The van der Waals surface area contributed by atoms with E-state index < -0.39 is 47.9 Å². The van der Waals surface area contributed by atoms with E-state index in [1.165, 1.54) is 0 Å². The van der Waals surface area contributed by atoms with E-state index in [0.717, 1.165) is 0 Å². The van der Waals surface area contributed by atoms with Gasteiger partial charge in [-0.15, -0.1) is 10.0 Å². The average Bonchev–Trinajstić information content (AvgIpc) is 2.30. The van der Waals surface area contributed by atoms with Crippen LogP contribution in [0.1, 0.15) is 12.8 Å². The highest BCUT2D eigenvalue weighted by molar-refractivity contribution is 5.67. The Hall–Kier alpha value is -2.66. The second-order valence-electron chi connectivity index (χ2n) is 3.67. The average molecular weight is 294 g/mol. The van der Waals surface area contributed by atoms with Crippen LogP contribution in [0.3, 0.4) is 0 Å². The van der Waals surface area contributed by atoms with Crippen LogP contribution in [0.5, 0.6) is 0 Å². The first-order chi connectivity index (χ1) is 9.23. The summed E-state index contributed by atoms with van der Waals surface area (Å²) in [5.41, 5.74) is 0. The quantitative estimate of drug-likeness (QED) is 0.353. The van der Waals surface area contributed by atoms with Crippen molar-refractivity contribution in [2.75, 3.05) is 26.2 Å². The van der Waals surface area contributed by atoms with Crippen LogP contribution in [-0.4, -0.2) is 68.4 Å². The molecule has 0 radical (unpaired) electrons. The third-order valence-electron chi connectivity index (χ3n) is 2.25. The highest BCUT2D eigenvalue weighted by atomic mass is 16.7. The lowest BCUT2D eigenvalue weighted by Crippen LogP contribution is -2.42. The molecule has 0 aromatic heterocycles. The Balaban J connectivity index is 4.39. The molecule has 0 aromatic rings. The van der Waals surface area contributed by atoms with Crippen molar-refractivity contribution in [1.82, 2.24) is 10.0 Å². The predicted molar refractivity (Wildman–Crippen MR) is 61.6 cm³/mol. The summed E-state index contributed by atoms with van der Waals surface area (Å²) in [4.78, 5) is 41.9. The predicted octanol–water partition coefficient (Wildman–Crippen LogP) is -1.08. The molecule has 0 spiro atoms. The molecule has 0 amide bonds. The zero-order valence-corrected chi connectivity index (χ0v) is 10.4. The van der Waals surface area contributed by atoms with E-state index in [9.17, 15) is 29.8 Å². The zero-order valence-electron chi connectivity index (χ0n) is 10.4. The largest absolute Gasteiger partial charge is 0.481 e. The maximum absolute atomic E-state index is 10.6. The number of carboxylic acid groups (broad SMARTS) is 2.